The zero-order valence-corrected chi connectivity index (χ0v) is 16.6. The Morgan fingerprint density at radius 2 is 1.77 bits per heavy atom. The lowest BCUT2D eigenvalue weighted by atomic mass is 10.0. The van der Waals surface area contributed by atoms with Crippen molar-refractivity contribution in [3.63, 3.8) is 0 Å². The normalized spacial score (nSPS) is 11.6. The van der Waals surface area contributed by atoms with Gasteiger partial charge < -0.3 is 9.47 Å². The number of hydrogen-bond donors (Lipinski definition) is 0. The maximum atomic E-state index is 12.9. The molecule has 0 aliphatic heterocycles. The molecule has 1 aromatic heterocycles. The zero-order valence-electron chi connectivity index (χ0n) is 16.6. The molecule has 4 aromatic rings. The summed E-state index contributed by atoms with van der Waals surface area (Å²) in [5, 5.41) is 12.9. The van der Waals surface area contributed by atoms with Crippen molar-refractivity contribution in [3.05, 3.63) is 112 Å². The van der Waals surface area contributed by atoms with Gasteiger partial charge in [0.2, 0.25) is 0 Å². The van der Waals surface area contributed by atoms with Crippen LogP contribution in [0.3, 0.4) is 0 Å². The summed E-state index contributed by atoms with van der Waals surface area (Å²) in [6.07, 6.45) is 0.846. The van der Waals surface area contributed by atoms with Gasteiger partial charge in [-0.3, -0.25) is 15.1 Å². The van der Waals surface area contributed by atoms with Crippen LogP contribution in [0.5, 0.6) is 5.75 Å². The fraction of sp³-hybridized carbons (Fsp3) is 0.0833. The molecule has 0 bridgehead atoms. The molecule has 7 nitrogen and oxygen atoms in total. The highest BCUT2D eigenvalue weighted by Gasteiger charge is 2.24. The van der Waals surface area contributed by atoms with Crippen LogP contribution in [0, 0.1) is 10.1 Å². The SMILES string of the molecule is COc1ccc([C@H](OC(=O)c2cccc([N+](=O)[O-])c2)c2nccc3ccccc23)cc1. The number of nitrogens with zero attached hydrogens (tertiary/aromatic N) is 2. The largest absolute Gasteiger partial charge is 0.497 e. The minimum Gasteiger partial charge on any atom is -0.497 e. The first-order valence-electron chi connectivity index (χ1n) is 9.50. The fourth-order valence-electron chi connectivity index (χ4n) is 3.33. The van der Waals surface area contributed by atoms with Crippen LogP contribution in [-0.4, -0.2) is 23.0 Å². The molecule has 4 rings (SSSR count). The van der Waals surface area contributed by atoms with Crippen LogP contribution in [-0.2, 0) is 4.74 Å². The maximum Gasteiger partial charge on any atom is 0.339 e. The van der Waals surface area contributed by atoms with Crippen molar-refractivity contribution in [2.24, 2.45) is 0 Å². The number of fused-ring (bicyclic) bond motifs is 1. The van der Waals surface area contributed by atoms with E-state index in [-0.39, 0.29) is 11.3 Å². The van der Waals surface area contributed by atoms with E-state index in [0.29, 0.717) is 17.0 Å². The third-order valence-electron chi connectivity index (χ3n) is 4.89. The highest BCUT2D eigenvalue weighted by Crippen LogP contribution is 2.32. The molecule has 0 fully saturated rings. The zero-order chi connectivity index (χ0) is 21.8. The van der Waals surface area contributed by atoms with Crippen molar-refractivity contribution in [2.75, 3.05) is 7.11 Å². The average molecular weight is 414 g/mol. The second-order valence-corrected chi connectivity index (χ2v) is 6.78. The molecule has 0 N–H and O–H groups in total. The van der Waals surface area contributed by atoms with Crippen LogP contribution in [0.15, 0.2) is 85.1 Å². The molecule has 0 saturated carbocycles. The molecule has 7 heteroatoms. The monoisotopic (exact) mass is 414 g/mol. The van der Waals surface area contributed by atoms with E-state index in [1.54, 1.807) is 37.6 Å². The number of nitro benzene ring substituents is 1. The third kappa shape index (κ3) is 4.20. The van der Waals surface area contributed by atoms with E-state index in [2.05, 4.69) is 4.98 Å². The molecule has 0 spiro atoms. The molecule has 0 amide bonds. The van der Waals surface area contributed by atoms with Crippen molar-refractivity contribution in [1.82, 2.24) is 4.98 Å². The van der Waals surface area contributed by atoms with Crippen LogP contribution in [0.4, 0.5) is 5.69 Å². The van der Waals surface area contributed by atoms with Crippen molar-refractivity contribution in [1.29, 1.82) is 0 Å². The lowest BCUT2D eigenvalue weighted by Crippen LogP contribution is -2.15. The third-order valence-corrected chi connectivity index (χ3v) is 4.89. The number of carbonyl (C=O) groups excluding carboxylic acids is 1. The van der Waals surface area contributed by atoms with Gasteiger partial charge in [0.05, 0.1) is 23.3 Å². The first-order valence-corrected chi connectivity index (χ1v) is 9.50. The molecular weight excluding hydrogens is 396 g/mol. The van der Waals surface area contributed by atoms with E-state index in [9.17, 15) is 14.9 Å². The Morgan fingerprint density at radius 3 is 2.52 bits per heavy atom. The van der Waals surface area contributed by atoms with Gasteiger partial charge in [0, 0.05) is 23.7 Å². The van der Waals surface area contributed by atoms with Gasteiger partial charge in [-0.15, -0.1) is 0 Å². The van der Waals surface area contributed by atoms with Gasteiger partial charge in [0.25, 0.3) is 5.69 Å². The lowest BCUT2D eigenvalue weighted by molar-refractivity contribution is -0.384. The number of methoxy groups -OCH3 is 1. The molecule has 0 aliphatic carbocycles. The quantitative estimate of drug-likeness (QED) is 0.248. The van der Waals surface area contributed by atoms with Gasteiger partial charge in [0.15, 0.2) is 6.10 Å². The number of esters is 1. The van der Waals surface area contributed by atoms with E-state index in [4.69, 9.17) is 9.47 Å². The Bertz CT molecular complexity index is 1250. The van der Waals surface area contributed by atoms with E-state index in [0.717, 1.165) is 10.8 Å². The Kier molecular flexibility index (Phi) is 5.57. The Hall–Kier alpha value is -4.26. The summed E-state index contributed by atoms with van der Waals surface area (Å²) in [5.41, 5.74) is 1.18. The number of hydrogen-bond acceptors (Lipinski definition) is 6. The summed E-state index contributed by atoms with van der Waals surface area (Å²) in [6.45, 7) is 0. The first kappa shape index (κ1) is 20.0. The predicted octanol–water partition coefficient (Wildman–Crippen LogP) is 5.10. The number of aromatic nitrogens is 1. The maximum absolute atomic E-state index is 12.9. The second-order valence-electron chi connectivity index (χ2n) is 6.78. The van der Waals surface area contributed by atoms with Crippen LogP contribution >= 0.6 is 0 Å². The Morgan fingerprint density at radius 1 is 1.00 bits per heavy atom. The van der Waals surface area contributed by atoms with E-state index in [1.165, 1.54) is 24.3 Å². The van der Waals surface area contributed by atoms with Gasteiger partial charge in [-0.1, -0.05) is 42.5 Å². The number of non-ortho nitro benzene ring substituents is 1. The van der Waals surface area contributed by atoms with Gasteiger partial charge in [-0.2, -0.15) is 0 Å². The molecule has 31 heavy (non-hydrogen) atoms. The summed E-state index contributed by atoms with van der Waals surface area (Å²) in [5.74, 6) is -0.0161. The van der Waals surface area contributed by atoms with E-state index in [1.807, 2.05) is 30.3 Å². The highest BCUT2D eigenvalue weighted by molar-refractivity contribution is 5.91. The van der Waals surface area contributed by atoms with Crippen molar-refractivity contribution >= 4 is 22.4 Å². The summed E-state index contributed by atoms with van der Waals surface area (Å²) < 4.78 is 11.1. The average Bonchev–Trinajstić information content (AvgIpc) is 2.82. The fourth-order valence-corrected chi connectivity index (χ4v) is 3.33. The summed E-state index contributed by atoms with van der Waals surface area (Å²) >= 11 is 0. The second kappa shape index (κ2) is 8.62. The van der Waals surface area contributed by atoms with Gasteiger partial charge >= 0.3 is 5.97 Å². The highest BCUT2D eigenvalue weighted by atomic mass is 16.6. The Balaban J connectivity index is 1.78. The minimum absolute atomic E-state index is 0.0907. The number of carbonyl (C=O) groups is 1. The van der Waals surface area contributed by atoms with Crippen molar-refractivity contribution in [3.8, 4) is 5.75 Å². The number of ether oxygens (including phenoxy) is 2. The topological polar surface area (TPSA) is 91.6 Å². The molecule has 0 saturated heterocycles. The minimum atomic E-state index is -0.816. The first-order chi connectivity index (χ1) is 15.1. The predicted molar refractivity (Wildman–Crippen MR) is 115 cm³/mol. The summed E-state index contributed by atoms with van der Waals surface area (Å²) in [7, 11) is 1.57. The van der Waals surface area contributed by atoms with E-state index >= 15 is 0 Å². The number of pyridine rings is 1. The van der Waals surface area contributed by atoms with Crippen molar-refractivity contribution < 1.29 is 19.2 Å². The molecule has 154 valence electrons. The Labute approximate surface area is 178 Å². The van der Waals surface area contributed by atoms with Crippen LogP contribution < -0.4 is 4.74 Å². The molecule has 0 aliphatic rings. The smallest absolute Gasteiger partial charge is 0.339 e. The summed E-state index contributed by atoms with van der Waals surface area (Å²) in [6, 6.07) is 22.2. The van der Waals surface area contributed by atoms with E-state index < -0.39 is 17.0 Å². The van der Waals surface area contributed by atoms with Crippen molar-refractivity contribution in [2.45, 2.75) is 6.10 Å². The molecule has 3 aromatic carbocycles. The van der Waals surface area contributed by atoms with Crippen LogP contribution in [0.2, 0.25) is 0 Å². The van der Waals surface area contributed by atoms with Crippen LogP contribution in [0.1, 0.15) is 27.7 Å². The van der Waals surface area contributed by atoms with Gasteiger partial charge in [0.1, 0.15) is 5.75 Å². The molecular formula is C24H18N2O5. The molecule has 1 heterocycles. The number of benzene rings is 3. The van der Waals surface area contributed by atoms with Gasteiger partial charge in [-0.25, -0.2) is 4.79 Å². The number of nitro groups is 1. The molecule has 0 radical (unpaired) electrons. The lowest BCUT2D eigenvalue weighted by Gasteiger charge is -2.20. The van der Waals surface area contributed by atoms with Gasteiger partial charge in [-0.05, 0) is 35.2 Å². The summed E-state index contributed by atoms with van der Waals surface area (Å²) in [4.78, 5) is 28.0. The molecule has 0 unspecified atom stereocenters. The van der Waals surface area contributed by atoms with Crippen LogP contribution in [0.25, 0.3) is 10.8 Å². The number of rotatable bonds is 6. The molecule has 1 atom stereocenters. The standard InChI is InChI=1S/C24H18N2O5/c1-30-20-11-9-17(10-12-20)23(22-21-8-3-2-5-16(21)13-14-25-22)31-24(27)18-6-4-7-19(15-18)26(28)29/h2-15,23H,1H3/t23-/m0/s1.